The van der Waals surface area contributed by atoms with Crippen LogP contribution in [0, 0.1) is 0 Å². The predicted octanol–water partition coefficient (Wildman–Crippen LogP) is 7.90. The second-order valence-corrected chi connectivity index (χ2v) is 16.0. The molecule has 9 rings (SSSR count). The number of halogens is 2. The number of thioether (sulfide) groups is 2. The minimum absolute atomic E-state index is 0.0930. The molecule has 246 valence electrons. The van der Waals surface area contributed by atoms with Gasteiger partial charge in [-0.05, 0) is 47.5 Å². The van der Waals surface area contributed by atoms with Gasteiger partial charge in [0.15, 0.2) is 0 Å². The Balaban J connectivity index is 1.02. The van der Waals surface area contributed by atoms with Crippen LogP contribution in [0.15, 0.2) is 136 Å². The van der Waals surface area contributed by atoms with Crippen molar-refractivity contribution in [3.8, 4) is 0 Å². The standard InChI is InChI=1S/C38H26BrClN6O2S2/c39-26-16-19-32-30(20-26)38(44-41-33(49-38)24-8-2-1-3-9-24)36(48)46(32)22-25-10-4-5-11-28(25)34-42-43-37(50-34)29-12-6-7-13-31(29)45(35(37)47)21-23-14-17-27(40)18-15-23/h1-20,43-44H,21-22H2. The fourth-order valence-corrected chi connectivity index (χ4v) is 9.80. The van der Waals surface area contributed by atoms with Crippen molar-refractivity contribution in [2.75, 3.05) is 9.80 Å². The molecule has 0 fully saturated rings. The van der Waals surface area contributed by atoms with Crippen LogP contribution in [0.25, 0.3) is 0 Å². The second kappa shape index (κ2) is 12.1. The van der Waals surface area contributed by atoms with Crippen LogP contribution in [0.3, 0.4) is 0 Å². The summed E-state index contributed by atoms with van der Waals surface area (Å²) in [4.78, 5) is 30.3. The zero-order valence-corrected chi connectivity index (χ0v) is 30.1. The van der Waals surface area contributed by atoms with E-state index in [0.717, 1.165) is 54.3 Å². The Bertz CT molecular complexity index is 2290. The molecule has 2 N–H and O–H groups in total. The van der Waals surface area contributed by atoms with Crippen molar-refractivity contribution >= 4 is 84.3 Å². The summed E-state index contributed by atoms with van der Waals surface area (Å²) in [6, 6.07) is 39.1. The molecule has 5 aromatic rings. The van der Waals surface area contributed by atoms with Gasteiger partial charge in [0.25, 0.3) is 11.8 Å². The third kappa shape index (κ3) is 4.90. The smallest absolute Gasteiger partial charge is 0.270 e. The summed E-state index contributed by atoms with van der Waals surface area (Å²) in [5.74, 6) is -0.196. The van der Waals surface area contributed by atoms with Gasteiger partial charge in [-0.15, -0.1) is 0 Å². The van der Waals surface area contributed by atoms with Gasteiger partial charge in [-0.2, -0.15) is 10.2 Å². The third-order valence-corrected chi connectivity index (χ3v) is 12.6. The molecule has 4 aliphatic heterocycles. The van der Waals surface area contributed by atoms with Crippen LogP contribution in [0.5, 0.6) is 0 Å². The van der Waals surface area contributed by atoms with Gasteiger partial charge >= 0.3 is 0 Å². The molecule has 2 spiro atoms. The summed E-state index contributed by atoms with van der Waals surface area (Å²) < 4.78 is 0.876. The molecule has 12 heteroatoms. The Morgan fingerprint density at radius 3 is 2.08 bits per heavy atom. The molecule has 4 aliphatic rings. The van der Waals surface area contributed by atoms with E-state index in [1.165, 1.54) is 23.5 Å². The first-order valence-electron chi connectivity index (χ1n) is 15.9. The molecule has 2 atom stereocenters. The molecule has 0 aromatic heterocycles. The maximum Gasteiger partial charge on any atom is 0.270 e. The van der Waals surface area contributed by atoms with Crippen LogP contribution < -0.4 is 20.7 Å². The number of amides is 2. The number of nitrogens with one attached hydrogen (secondary N) is 2. The number of hydrazone groups is 2. The van der Waals surface area contributed by atoms with E-state index in [1.54, 1.807) is 4.90 Å². The van der Waals surface area contributed by atoms with Crippen LogP contribution in [0.2, 0.25) is 5.02 Å². The first-order chi connectivity index (χ1) is 24.4. The van der Waals surface area contributed by atoms with E-state index in [-0.39, 0.29) is 11.8 Å². The van der Waals surface area contributed by atoms with Gasteiger partial charge in [0, 0.05) is 31.7 Å². The van der Waals surface area contributed by atoms with E-state index >= 15 is 0 Å². The van der Waals surface area contributed by atoms with Crippen molar-refractivity contribution < 1.29 is 9.59 Å². The number of hydrogen-bond acceptors (Lipinski definition) is 8. The van der Waals surface area contributed by atoms with Gasteiger partial charge in [0.05, 0.1) is 24.5 Å². The van der Waals surface area contributed by atoms with Crippen molar-refractivity contribution in [2.45, 2.75) is 22.8 Å². The number of carbonyl (C=O) groups is 2. The average molecular weight is 778 g/mol. The van der Waals surface area contributed by atoms with Gasteiger partial charge in [-0.25, -0.2) is 0 Å². The van der Waals surface area contributed by atoms with Crippen molar-refractivity contribution in [1.82, 2.24) is 10.9 Å². The molecule has 0 bridgehead atoms. The predicted molar refractivity (Wildman–Crippen MR) is 205 cm³/mol. The Labute approximate surface area is 310 Å². The van der Waals surface area contributed by atoms with Crippen molar-refractivity contribution in [2.24, 2.45) is 10.2 Å². The van der Waals surface area contributed by atoms with Crippen molar-refractivity contribution in [3.63, 3.8) is 0 Å². The lowest BCUT2D eigenvalue weighted by Gasteiger charge is -2.24. The Kier molecular flexibility index (Phi) is 7.58. The van der Waals surface area contributed by atoms with Gasteiger partial charge in [0.1, 0.15) is 10.1 Å². The number of carbonyl (C=O) groups excluding carboxylic acids is 2. The first-order valence-corrected chi connectivity index (χ1v) is 18.7. The average Bonchev–Trinajstić information content (AvgIpc) is 3.90. The van der Waals surface area contributed by atoms with Gasteiger partial charge in [0.2, 0.25) is 9.74 Å². The largest absolute Gasteiger partial charge is 0.304 e. The summed E-state index contributed by atoms with van der Waals surface area (Å²) >= 11 is 12.6. The highest BCUT2D eigenvalue weighted by molar-refractivity contribution is 9.10. The maximum absolute atomic E-state index is 14.5. The van der Waals surface area contributed by atoms with Gasteiger partial charge in [-0.3, -0.25) is 20.4 Å². The molecule has 2 unspecified atom stereocenters. The normalized spacial score (nSPS) is 21.7. The molecule has 0 saturated carbocycles. The topological polar surface area (TPSA) is 89.4 Å². The quantitative estimate of drug-likeness (QED) is 0.182. The number of anilines is 2. The Morgan fingerprint density at radius 1 is 0.660 bits per heavy atom. The van der Waals surface area contributed by atoms with E-state index in [1.807, 2.05) is 126 Å². The summed E-state index contributed by atoms with van der Waals surface area (Å²) in [6.07, 6.45) is 0. The lowest BCUT2D eigenvalue weighted by atomic mass is 10.1. The van der Waals surface area contributed by atoms with Crippen molar-refractivity contribution in [3.05, 3.63) is 164 Å². The molecular formula is C38H26BrClN6O2S2. The zero-order chi connectivity index (χ0) is 34.0. The van der Waals surface area contributed by atoms with E-state index in [9.17, 15) is 9.59 Å². The number of nitrogens with zero attached hydrogens (tertiary/aromatic N) is 4. The lowest BCUT2D eigenvalue weighted by molar-refractivity contribution is -0.121. The Hall–Kier alpha value is -4.55. The summed E-state index contributed by atoms with van der Waals surface area (Å²) in [7, 11) is 0. The molecule has 5 aromatic carbocycles. The molecular weight excluding hydrogens is 752 g/mol. The number of hydrogen-bond donors (Lipinski definition) is 2. The summed E-state index contributed by atoms with van der Waals surface area (Å²) in [5.41, 5.74) is 13.5. The minimum Gasteiger partial charge on any atom is -0.304 e. The van der Waals surface area contributed by atoms with Crippen LogP contribution in [-0.2, 0) is 32.4 Å². The first kappa shape index (κ1) is 31.4. The highest BCUT2D eigenvalue weighted by Gasteiger charge is 2.57. The van der Waals surface area contributed by atoms with E-state index < -0.39 is 9.74 Å². The number of fused-ring (bicyclic) bond motifs is 4. The highest BCUT2D eigenvalue weighted by atomic mass is 79.9. The fraction of sp³-hybridized carbons (Fsp3) is 0.105. The third-order valence-electron chi connectivity index (χ3n) is 9.28. The number of para-hydroxylation sites is 1. The summed E-state index contributed by atoms with van der Waals surface area (Å²) in [5, 5.41) is 11.5. The summed E-state index contributed by atoms with van der Waals surface area (Å²) in [6.45, 7) is 0.702. The van der Waals surface area contributed by atoms with E-state index in [0.29, 0.717) is 23.2 Å². The van der Waals surface area contributed by atoms with Gasteiger partial charge < -0.3 is 9.80 Å². The molecule has 0 saturated heterocycles. The van der Waals surface area contributed by atoms with E-state index in [4.69, 9.17) is 16.7 Å². The Morgan fingerprint density at radius 2 is 1.28 bits per heavy atom. The molecule has 0 aliphatic carbocycles. The van der Waals surface area contributed by atoms with Crippen LogP contribution >= 0.6 is 51.1 Å². The monoisotopic (exact) mass is 776 g/mol. The van der Waals surface area contributed by atoms with Crippen molar-refractivity contribution in [1.29, 1.82) is 0 Å². The maximum atomic E-state index is 14.5. The highest BCUT2D eigenvalue weighted by Crippen LogP contribution is 2.53. The van der Waals surface area contributed by atoms with Gasteiger partial charge in [-0.1, -0.05) is 136 Å². The second-order valence-electron chi connectivity index (χ2n) is 12.2. The molecule has 0 radical (unpaired) electrons. The molecule has 50 heavy (non-hydrogen) atoms. The van der Waals surface area contributed by atoms with E-state index in [2.05, 4.69) is 31.9 Å². The van der Waals surface area contributed by atoms with Crippen LogP contribution in [-0.4, -0.2) is 21.9 Å². The fourth-order valence-electron chi connectivity index (χ4n) is 6.86. The molecule has 8 nitrogen and oxygen atoms in total. The SMILES string of the molecule is O=C1N(Cc2ccccc2C2=NNC3(S2)C(=O)N(Cc2ccc(Cl)cc2)c2ccccc23)c2ccc(Br)cc2C12NN=C(c1ccccc1)S2. The number of benzene rings is 5. The molecule has 2 amide bonds. The molecule has 4 heterocycles. The lowest BCUT2D eigenvalue weighted by Crippen LogP contribution is -2.44. The zero-order valence-electron chi connectivity index (χ0n) is 26.1. The van der Waals surface area contributed by atoms with Crippen LogP contribution in [0.1, 0.15) is 33.4 Å². The van der Waals surface area contributed by atoms with Crippen LogP contribution in [0.4, 0.5) is 11.4 Å². The number of rotatable bonds is 6. The minimum atomic E-state index is -1.12.